The van der Waals surface area contributed by atoms with E-state index in [0.29, 0.717) is 17.3 Å². The molecule has 2 aromatic carbocycles. The Balaban J connectivity index is 2.01. The van der Waals surface area contributed by atoms with Gasteiger partial charge in [-0.05, 0) is 35.9 Å². The summed E-state index contributed by atoms with van der Waals surface area (Å²) in [5.74, 6) is 2.48. The first kappa shape index (κ1) is 15.5. The molecular formula is C16H12Cl2FNO. The number of hydrogen-bond acceptors (Lipinski definition) is 2. The molecule has 2 rings (SSSR count). The predicted octanol–water partition coefficient (Wildman–Crippen LogP) is 4.76. The Bertz CT molecular complexity index is 682. The average Bonchev–Trinajstić information content (AvgIpc) is 2.47. The molecule has 0 atom stereocenters. The van der Waals surface area contributed by atoms with Crippen LogP contribution in [0.4, 0.5) is 10.1 Å². The van der Waals surface area contributed by atoms with Crippen LogP contribution in [0.2, 0.25) is 10.0 Å². The minimum absolute atomic E-state index is 0.0797. The second-order valence-corrected chi connectivity index (χ2v) is 5.05. The molecule has 0 aromatic heterocycles. The van der Waals surface area contributed by atoms with Gasteiger partial charge >= 0.3 is 0 Å². The average molecular weight is 324 g/mol. The topological polar surface area (TPSA) is 21.3 Å². The van der Waals surface area contributed by atoms with Crippen LogP contribution in [-0.2, 0) is 6.54 Å². The Morgan fingerprint density at radius 1 is 1.14 bits per heavy atom. The van der Waals surface area contributed by atoms with Crippen molar-refractivity contribution in [3.05, 3.63) is 57.8 Å². The smallest absolute Gasteiger partial charge is 0.148 e. The molecule has 21 heavy (non-hydrogen) atoms. The van der Waals surface area contributed by atoms with E-state index < -0.39 is 5.82 Å². The highest BCUT2D eigenvalue weighted by atomic mass is 35.5. The van der Waals surface area contributed by atoms with Crippen molar-refractivity contribution < 1.29 is 9.13 Å². The van der Waals surface area contributed by atoms with Gasteiger partial charge in [-0.3, -0.25) is 0 Å². The minimum atomic E-state index is -0.444. The van der Waals surface area contributed by atoms with Gasteiger partial charge in [0, 0.05) is 12.2 Å². The van der Waals surface area contributed by atoms with Gasteiger partial charge in [0.15, 0.2) is 0 Å². The van der Waals surface area contributed by atoms with E-state index in [0.717, 1.165) is 11.3 Å². The fourth-order valence-electron chi connectivity index (χ4n) is 1.70. The Kier molecular flexibility index (Phi) is 5.32. The zero-order valence-electron chi connectivity index (χ0n) is 11.0. The van der Waals surface area contributed by atoms with Gasteiger partial charge in [-0.25, -0.2) is 4.39 Å². The van der Waals surface area contributed by atoms with Crippen LogP contribution in [0, 0.1) is 18.2 Å². The molecular weight excluding hydrogens is 312 g/mol. The molecule has 0 aliphatic carbocycles. The monoisotopic (exact) mass is 323 g/mol. The molecule has 108 valence electrons. The van der Waals surface area contributed by atoms with Crippen LogP contribution in [0.5, 0.6) is 5.75 Å². The first-order valence-corrected chi connectivity index (χ1v) is 6.89. The number of nitrogens with one attached hydrogen (secondary N) is 1. The number of hydrogen-bond donors (Lipinski definition) is 1. The summed E-state index contributed by atoms with van der Waals surface area (Å²) in [6, 6.07) is 9.88. The van der Waals surface area contributed by atoms with Crippen molar-refractivity contribution in [2.75, 3.05) is 11.9 Å². The van der Waals surface area contributed by atoms with Crippen LogP contribution < -0.4 is 10.1 Å². The van der Waals surface area contributed by atoms with Crippen LogP contribution in [0.1, 0.15) is 5.56 Å². The molecule has 0 unspecified atom stereocenters. The van der Waals surface area contributed by atoms with Crippen LogP contribution >= 0.6 is 23.2 Å². The summed E-state index contributed by atoms with van der Waals surface area (Å²) in [4.78, 5) is 0. The van der Waals surface area contributed by atoms with Crippen molar-refractivity contribution in [2.45, 2.75) is 6.54 Å². The Hall–Kier alpha value is -1.89. The van der Waals surface area contributed by atoms with Crippen LogP contribution in [0.25, 0.3) is 0 Å². The zero-order chi connectivity index (χ0) is 15.2. The summed E-state index contributed by atoms with van der Waals surface area (Å²) in [5.41, 5.74) is 1.68. The highest BCUT2D eigenvalue weighted by Gasteiger charge is 2.04. The molecule has 2 nitrogen and oxygen atoms in total. The highest BCUT2D eigenvalue weighted by Crippen LogP contribution is 2.26. The van der Waals surface area contributed by atoms with Gasteiger partial charge in [-0.2, -0.15) is 0 Å². The first-order valence-electron chi connectivity index (χ1n) is 6.14. The molecule has 0 bridgehead atoms. The fourth-order valence-corrected chi connectivity index (χ4v) is 2.14. The Morgan fingerprint density at radius 2 is 1.95 bits per heavy atom. The van der Waals surface area contributed by atoms with Gasteiger partial charge in [-0.15, -0.1) is 6.42 Å². The van der Waals surface area contributed by atoms with Crippen molar-refractivity contribution >= 4 is 28.9 Å². The normalized spacial score (nSPS) is 10.0. The highest BCUT2D eigenvalue weighted by molar-refractivity contribution is 6.32. The van der Waals surface area contributed by atoms with E-state index in [9.17, 15) is 4.39 Å². The lowest BCUT2D eigenvalue weighted by atomic mass is 10.2. The maximum atomic E-state index is 13.1. The molecule has 0 amide bonds. The molecule has 0 aliphatic heterocycles. The fraction of sp³-hybridized carbons (Fsp3) is 0.125. The molecule has 0 heterocycles. The zero-order valence-corrected chi connectivity index (χ0v) is 12.5. The lowest BCUT2D eigenvalue weighted by Crippen LogP contribution is -2.00. The maximum Gasteiger partial charge on any atom is 0.148 e. The molecule has 0 fully saturated rings. The third-order valence-electron chi connectivity index (χ3n) is 2.72. The van der Waals surface area contributed by atoms with Crippen molar-refractivity contribution in [2.24, 2.45) is 0 Å². The van der Waals surface area contributed by atoms with E-state index >= 15 is 0 Å². The Morgan fingerprint density at radius 3 is 2.62 bits per heavy atom. The molecule has 0 radical (unpaired) electrons. The van der Waals surface area contributed by atoms with Crippen molar-refractivity contribution in [1.82, 2.24) is 0 Å². The van der Waals surface area contributed by atoms with Gasteiger partial charge < -0.3 is 10.1 Å². The van der Waals surface area contributed by atoms with E-state index in [4.69, 9.17) is 34.4 Å². The van der Waals surface area contributed by atoms with Crippen molar-refractivity contribution in [1.29, 1.82) is 0 Å². The van der Waals surface area contributed by atoms with Crippen LogP contribution in [-0.4, -0.2) is 6.61 Å². The van der Waals surface area contributed by atoms with Crippen LogP contribution in [0.15, 0.2) is 36.4 Å². The third-order valence-corrected chi connectivity index (χ3v) is 3.31. The largest absolute Gasteiger partial charge is 0.479 e. The predicted molar refractivity (Wildman–Crippen MR) is 84.5 cm³/mol. The van der Waals surface area contributed by atoms with E-state index in [-0.39, 0.29) is 11.6 Å². The number of benzene rings is 2. The van der Waals surface area contributed by atoms with Gasteiger partial charge in [0.1, 0.15) is 18.2 Å². The number of rotatable bonds is 5. The molecule has 0 saturated carbocycles. The third kappa shape index (κ3) is 4.29. The molecule has 0 saturated heterocycles. The lowest BCUT2D eigenvalue weighted by molar-refractivity contribution is 0.370. The molecule has 5 heteroatoms. The molecule has 0 spiro atoms. The maximum absolute atomic E-state index is 13.1. The van der Waals surface area contributed by atoms with E-state index in [1.165, 1.54) is 12.1 Å². The molecule has 0 aliphatic rings. The summed E-state index contributed by atoms with van der Waals surface area (Å²) < 4.78 is 18.3. The van der Waals surface area contributed by atoms with E-state index in [2.05, 4.69) is 11.2 Å². The van der Waals surface area contributed by atoms with Crippen molar-refractivity contribution in [3.63, 3.8) is 0 Å². The van der Waals surface area contributed by atoms with Gasteiger partial charge in [0.2, 0.25) is 0 Å². The number of ether oxygens (including phenoxy) is 1. The molecule has 1 N–H and O–H groups in total. The van der Waals surface area contributed by atoms with Gasteiger partial charge in [0.05, 0.1) is 10.0 Å². The van der Waals surface area contributed by atoms with Gasteiger partial charge in [0.25, 0.3) is 0 Å². The number of terminal acetylenes is 1. The van der Waals surface area contributed by atoms with Crippen LogP contribution in [0.3, 0.4) is 0 Å². The first-order chi connectivity index (χ1) is 10.1. The Labute approximate surface area is 132 Å². The standard InChI is InChI=1S/C16H12Cl2FNO/c1-2-7-21-16-6-3-11(8-14(16)18)10-20-12-4-5-15(19)13(17)9-12/h1,3-6,8-9,20H,7,10H2. The molecule has 2 aromatic rings. The second-order valence-electron chi connectivity index (χ2n) is 4.24. The van der Waals surface area contributed by atoms with E-state index in [1.807, 2.05) is 6.07 Å². The van der Waals surface area contributed by atoms with Gasteiger partial charge in [-0.1, -0.05) is 35.2 Å². The lowest BCUT2D eigenvalue weighted by Gasteiger charge is -2.10. The number of anilines is 1. The quantitative estimate of drug-likeness (QED) is 0.801. The second kappa shape index (κ2) is 7.21. The van der Waals surface area contributed by atoms with Crippen molar-refractivity contribution in [3.8, 4) is 18.1 Å². The SMILES string of the molecule is C#CCOc1ccc(CNc2ccc(F)c(Cl)c2)cc1Cl. The minimum Gasteiger partial charge on any atom is -0.479 e. The van der Waals surface area contributed by atoms with E-state index in [1.54, 1.807) is 18.2 Å². The summed E-state index contributed by atoms with van der Waals surface area (Å²) in [6.07, 6.45) is 5.13. The number of halogens is 3. The summed E-state index contributed by atoms with van der Waals surface area (Å²) in [6.45, 7) is 0.697. The summed E-state index contributed by atoms with van der Waals surface area (Å²) in [7, 11) is 0. The summed E-state index contributed by atoms with van der Waals surface area (Å²) >= 11 is 11.8. The summed E-state index contributed by atoms with van der Waals surface area (Å²) in [5, 5.41) is 3.70.